The molecule has 0 spiro atoms. The maximum Gasteiger partial charge on any atom is 0.244 e. The van der Waals surface area contributed by atoms with Crippen molar-refractivity contribution in [3.8, 4) is 17.6 Å². The molecule has 174 valence electrons. The van der Waals surface area contributed by atoms with Crippen molar-refractivity contribution in [2.24, 2.45) is 0 Å². The number of sulfonamides is 1. The fraction of sp³-hybridized carbons (Fsp3) is 0.435. The quantitative estimate of drug-likeness (QED) is 0.549. The van der Waals surface area contributed by atoms with Gasteiger partial charge in [0.25, 0.3) is 0 Å². The van der Waals surface area contributed by atoms with Crippen LogP contribution in [0.5, 0.6) is 0 Å². The zero-order valence-electron chi connectivity index (χ0n) is 18.3. The Bertz CT molecular complexity index is 1290. The average Bonchev–Trinajstić information content (AvgIpc) is 3.16. The summed E-state index contributed by atoms with van der Waals surface area (Å²) in [6.45, 7) is -0.369. The van der Waals surface area contributed by atoms with E-state index in [4.69, 9.17) is 0 Å². The lowest BCUT2D eigenvalue weighted by molar-refractivity contribution is 0.334. The normalized spacial score (nSPS) is 15.2. The third-order valence-corrected chi connectivity index (χ3v) is 7.53. The lowest BCUT2D eigenvalue weighted by Crippen LogP contribution is -2.38. The van der Waals surface area contributed by atoms with Crippen LogP contribution < -0.4 is 4.72 Å². The van der Waals surface area contributed by atoms with Crippen LogP contribution in [0, 0.1) is 18.3 Å². The van der Waals surface area contributed by atoms with Gasteiger partial charge in [-0.15, -0.1) is 0 Å². The summed E-state index contributed by atoms with van der Waals surface area (Å²) in [6.07, 6.45) is 7.50. The summed E-state index contributed by atoms with van der Waals surface area (Å²) >= 11 is 0. The lowest BCUT2D eigenvalue weighted by Gasteiger charge is -2.26. The average molecular weight is 474 g/mol. The minimum absolute atomic E-state index is 0.185. The molecule has 3 aromatic rings. The Morgan fingerprint density at radius 2 is 1.85 bits per heavy atom. The van der Waals surface area contributed by atoms with Crippen LogP contribution in [0.25, 0.3) is 22.4 Å². The first-order valence-corrected chi connectivity index (χ1v) is 12.4. The number of nitrogens with zero attached hydrogens (tertiary/aromatic N) is 4. The molecule has 1 N–H and O–H groups in total. The SMILES string of the molecule is Cc1ccc2c(c1)c(C#N)c(-c1ncc(S(=O)(=O)NC(CF)CF)cn1)n2C1CCCCC1. The van der Waals surface area contributed by atoms with Crippen LogP contribution in [-0.2, 0) is 10.0 Å². The van der Waals surface area contributed by atoms with Gasteiger partial charge in [0, 0.05) is 11.4 Å². The fourth-order valence-electron chi connectivity index (χ4n) is 4.45. The summed E-state index contributed by atoms with van der Waals surface area (Å²) in [5, 5.41) is 10.8. The minimum Gasteiger partial charge on any atom is -0.334 e. The number of rotatable bonds is 7. The summed E-state index contributed by atoms with van der Waals surface area (Å²) < 4.78 is 54.6. The zero-order valence-corrected chi connectivity index (χ0v) is 19.1. The summed E-state index contributed by atoms with van der Waals surface area (Å²) in [7, 11) is -4.19. The van der Waals surface area contributed by atoms with Gasteiger partial charge in [0.2, 0.25) is 10.0 Å². The summed E-state index contributed by atoms with van der Waals surface area (Å²) in [6, 6.07) is 6.99. The lowest BCUT2D eigenvalue weighted by atomic mass is 9.95. The second kappa shape index (κ2) is 9.53. The topological polar surface area (TPSA) is 101 Å². The van der Waals surface area contributed by atoms with Gasteiger partial charge in [-0.2, -0.15) is 5.26 Å². The number of alkyl halides is 2. The van der Waals surface area contributed by atoms with Crippen LogP contribution in [-0.4, -0.2) is 42.3 Å². The molecule has 4 rings (SSSR count). The van der Waals surface area contributed by atoms with Crippen LogP contribution in [0.2, 0.25) is 0 Å². The molecule has 0 unspecified atom stereocenters. The minimum atomic E-state index is -4.19. The van der Waals surface area contributed by atoms with E-state index in [9.17, 15) is 22.5 Å². The van der Waals surface area contributed by atoms with Gasteiger partial charge in [-0.05, 0) is 31.9 Å². The molecule has 0 radical (unpaired) electrons. The number of hydrogen-bond donors (Lipinski definition) is 1. The second-order valence-corrected chi connectivity index (χ2v) is 10.1. The molecule has 0 aliphatic heterocycles. The molecular weight excluding hydrogens is 448 g/mol. The number of halogens is 2. The van der Waals surface area contributed by atoms with E-state index in [1.165, 1.54) is 6.42 Å². The first-order valence-electron chi connectivity index (χ1n) is 10.9. The van der Waals surface area contributed by atoms with Crippen molar-refractivity contribution in [2.45, 2.75) is 56.0 Å². The van der Waals surface area contributed by atoms with Crippen molar-refractivity contribution in [1.29, 1.82) is 5.26 Å². The Hall–Kier alpha value is -2.90. The molecule has 0 bridgehead atoms. The maximum atomic E-state index is 12.8. The number of nitriles is 1. The fourth-order valence-corrected chi connectivity index (χ4v) is 5.53. The molecule has 0 saturated heterocycles. The Kier molecular flexibility index (Phi) is 6.72. The van der Waals surface area contributed by atoms with Crippen molar-refractivity contribution in [2.75, 3.05) is 13.3 Å². The van der Waals surface area contributed by atoms with E-state index in [1.54, 1.807) is 0 Å². The van der Waals surface area contributed by atoms with Gasteiger partial charge < -0.3 is 4.57 Å². The molecule has 1 saturated carbocycles. The maximum absolute atomic E-state index is 12.8. The Morgan fingerprint density at radius 3 is 2.45 bits per heavy atom. The highest BCUT2D eigenvalue weighted by Crippen LogP contribution is 2.39. The van der Waals surface area contributed by atoms with Gasteiger partial charge in [-0.25, -0.2) is 31.9 Å². The first-order chi connectivity index (χ1) is 15.9. The number of aryl methyl sites for hydroxylation is 1. The van der Waals surface area contributed by atoms with Crippen molar-refractivity contribution < 1.29 is 17.2 Å². The van der Waals surface area contributed by atoms with E-state index >= 15 is 0 Å². The molecule has 1 aliphatic rings. The van der Waals surface area contributed by atoms with E-state index in [2.05, 4.69) is 20.6 Å². The van der Waals surface area contributed by atoms with Crippen molar-refractivity contribution in [3.63, 3.8) is 0 Å². The summed E-state index contributed by atoms with van der Waals surface area (Å²) in [5.41, 5.74) is 2.96. The van der Waals surface area contributed by atoms with E-state index in [-0.39, 0.29) is 16.8 Å². The second-order valence-electron chi connectivity index (χ2n) is 8.39. The highest BCUT2D eigenvalue weighted by molar-refractivity contribution is 7.89. The van der Waals surface area contributed by atoms with Gasteiger partial charge in [0.05, 0.1) is 29.5 Å². The molecule has 2 aromatic heterocycles. The predicted molar refractivity (Wildman–Crippen MR) is 121 cm³/mol. The number of aromatic nitrogens is 3. The summed E-state index contributed by atoms with van der Waals surface area (Å²) in [5.74, 6) is 0.234. The third-order valence-electron chi connectivity index (χ3n) is 6.05. The smallest absolute Gasteiger partial charge is 0.244 e. The Morgan fingerprint density at radius 1 is 1.18 bits per heavy atom. The van der Waals surface area contributed by atoms with Crippen LogP contribution in [0.4, 0.5) is 8.78 Å². The zero-order chi connectivity index (χ0) is 23.6. The van der Waals surface area contributed by atoms with Crippen LogP contribution >= 0.6 is 0 Å². The van der Waals surface area contributed by atoms with Crippen molar-refractivity contribution in [3.05, 3.63) is 41.7 Å². The molecular formula is C23H25F2N5O2S. The van der Waals surface area contributed by atoms with Crippen LogP contribution in [0.15, 0.2) is 35.5 Å². The molecule has 0 atom stereocenters. The van der Waals surface area contributed by atoms with Gasteiger partial charge in [0.15, 0.2) is 5.82 Å². The van der Waals surface area contributed by atoms with E-state index in [0.717, 1.165) is 54.5 Å². The molecule has 1 aromatic carbocycles. The number of nitrogens with one attached hydrogen (secondary N) is 1. The van der Waals surface area contributed by atoms with Crippen LogP contribution in [0.3, 0.4) is 0 Å². The largest absolute Gasteiger partial charge is 0.334 e. The van der Waals surface area contributed by atoms with Crippen molar-refractivity contribution >= 4 is 20.9 Å². The highest BCUT2D eigenvalue weighted by Gasteiger charge is 2.27. The van der Waals surface area contributed by atoms with E-state index in [1.807, 2.05) is 29.8 Å². The number of hydrogen-bond acceptors (Lipinski definition) is 5. The van der Waals surface area contributed by atoms with Crippen molar-refractivity contribution in [1.82, 2.24) is 19.3 Å². The van der Waals surface area contributed by atoms with Gasteiger partial charge in [-0.1, -0.05) is 30.9 Å². The molecule has 1 aliphatic carbocycles. The molecule has 1 fully saturated rings. The molecule has 33 heavy (non-hydrogen) atoms. The Balaban J connectivity index is 1.83. The predicted octanol–water partition coefficient (Wildman–Crippen LogP) is 4.37. The molecule has 0 amide bonds. The van der Waals surface area contributed by atoms with E-state index < -0.39 is 29.4 Å². The number of benzene rings is 1. The van der Waals surface area contributed by atoms with Crippen LogP contribution in [0.1, 0.15) is 49.3 Å². The van der Waals surface area contributed by atoms with Gasteiger partial charge >= 0.3 is 0 Å². The van der Waals surface area contributed by atoms with Gasteiger partial charge in [-0.3, -0.25) is 0 Å². The van der Waals surface area contributed by atoms with E-state index in [0.29, 0.717) is 11.3 Å². The first kappa shape index (κ1) is 23.3. The highest BCUT2D eigenvalue weighted by atomic mass is 32.2. The molecule has 10 heteroatoms. The monoisotopic (exact) mass is 473 g/mol. The standard InChI is InChI=1S/C23H25F2N5O2S/c1-15-7-8-21-19(9-15)20(12-26)22(30(21)17-5-3-2-4-6-17)23-27-13-18(14-28-23)33(31,32)29-16(10-24)11-25/h7-9,13-14,16-17,29H,2-6,10-11H2,1H3. The number of fused-ring (bicyclic) bond motifs is 1. The Labute approximate surface area is 191 Å². The van der Waals surface area contributed by atoms with Gasteiger partial charge in [0.1, 0.15) is 30.0 Å². The summed E-state index contributed by atoms with van der Waals surface area (Å²) in [4.78, 5) is 8.23. The third kappa shape index (κ3) is 4.48. The molecule has 2 heterocycles. The molecule has 7 nitrogen and oxygen atoms in total.